The number of methoxy groups -OCH3 is 1. The second-order valence-corrected chi connectivity index (χ2v) is 7.57. The Bertz CT molecular complexity index is 1230. The first kappa shape index (κ1) is 20.5. The molecule has 0 aliphatic rings. The zero-order chi connectivity index (χ0) is 21.8. The van der Waals surface area contributed by atoms with Crippen LogP contribution in [0.25, 0.3) is 22.3 Å². The lowest BCUT2D eigenvalue weighted by atomic mass is 10.2. The monoisotopic (exact) mass is 436 g/mol. The van der Waals surface area contributed by atoms with Gasteiger partial charge in [0.05, 0.1) is 23.8 Å². The van der Waals surface area contributed by atoms with E-state index >= 15 is 0 Å². The van der Waals surface area contributed by atoms with Gasteiger partial charge in [-0.2, -0.15) is 0 Å². The van der Waals surface area contributed by atoms with E-state index in [4.69, 9.17) is 9.47 Å². The number of imidazole rings is 1. The van der Waals surface area contributed by atoms with Gasteiger partial charge in [-0.25, -0.2) is 9.97 Å². The summed E-state index contributed by atoms with van der Waals surface area (Å²) in [5, 5.41) is 4.93. The second-order valence-electron chi connectivity index (χ2n) is 6.71. The summed E-state index contributed by atoms with van der Waals surface area (Å²) in [5.74, 6) is 0.500. The van der Waals surface area contributed by atoms with E-state index in [1.807, 2.05) is 60.8 Å². The summed E-state index contributed by atoms with van der Waals surface area (Å²) < 4.78 is 12.0. The lowest BCUT2D eigenvalue weighted by Gasteiger charge is -2.07. The predicted molar refractivity (Wildman–Crippen MR) is 118 cm³/mol. The van der Waals surface area contributed by atoms with Crippen LogP contribution < -0.4 is 10.1 Å². The summed E-state index contributed by atoms with van der Waals surface area (Å²) in [7, 11) is 1.61. The molecule has 4 aromatic rings. The van der Waals surface area contributed by atoms with E-state index in [2.05, 4.69) is 15.3 Å². The molecule has 0 unspecified atom stereocenters. The first-order chi connectivity index (χ1) is 15.0. The van der Waals surface area contributed by atoms with Crippen molar-refractivity contribution in [3.63, 3.8) is 0 Å². The molecule has 0 saturated carbocycles. The van der Waals surface area contributed by atoms with Crippen molar-refractivity contribution in [3.8, 4) is 17.0 Å². The van der Waals surface area contributed by atoms with Gasteiger partial charge in [-0.1, -0.05) is 12.1 Å². The van der Waals surface area contributed by atoms with Crippen LogP contribution in [-0.2, 0) is 20.9 Å². The van der Waals surface area contributed by atoms with Gasteiger partial charge < -0.3 is 14.0 Å². The van der Waals surface area contributed by atoms with Crippen molar-refractivity contribution in [1.29, 1.82) is 0 Å². The third-order valence-electron chi connectivity index (χ3n) is 4.63. The Morgan fingerprint density at radius 2 is 1.87 bits per heavy atom. The maximum absolute atomic E-state index is 12.2. The van der Waals surface area contributed by atoms with Crippen LogP contribution in [0.15, 0.2) is 53.9 Å². The Balaban J connectivity index is 1.31. The van der Waals surface area contributed by atoms with Crippen LogP contribution in [0.2, 0.25) is 0 Å². The molecule has 4 rings (SSSR count). The highest BCUT2D eigenvalue weighted by molar-refractivity contribution is 7.14. The summed E-state index contributed by atoms with van der Waals surface area (Å²) in [6, 6.07) is 15.0. The molecule has 2 heterocycles. The SMILES string of the molecule is COc1ccc(-c2csc(NC(=O)COC(=O)Cn3c(C)nc4ccccc43)n2)cc1. The first-order valence-electron chi connectivity index (χ1n) is 9.51. The van der Waals surface area contributed by atoms with E-state index in [1.54, 1.807) is 11.7 Å². The number of para-hydroxylation sites is 2. The van der Waals surface area contributed by atoms with Gasteiger partial charge in [0, 0.05) is 10.9 Å². The van der Waals surface area contributed by atoms with Crippen molar-refractivity contribution in [2.24, 2.45) is 0 Å². The lowest BCUT2D eigenvalue weighted by molar-refractivity contribution is -0.147. The number of carbonyl (C=O) groups excluding carboxylic acids is 2. The number of aromatic nitrogens is 3. The van der Waals surface area contributed by atoms with Crippen LogP contribution in [0.1, 0.15) is 5.82 Å². The number of rotatable bonds is 7. The van der Waals surface area contributed by atoms with Crippen LogP contribution in [0.3, 0.4) is 0 Å². The molecule has 8 nitrogen and oxygen atoms in total. The summed E-state index contributed by atoms with van der Waals surface area (Å²) in [5.41, 5.74) is 3.30. The van der Waals surface area contributed by atoms with Crippen molar-refractivity contribution in [2.75, 3.05) is 19.0 Å². The number of aryl methyl sites for hydroxylation is 1. The molecule has 158 valence electrons. The third kappa shape index (κ3) is 4.72. The van der Waals surface area contributed by atoms with E-state index in [9.17, 15) is 9.59 Å². The molecule has 0 fully saturated rings. The minimum atomic E-state index is -0.514. The number of benzene rings is 2. The molecule has 31 heavy (non-hydrogen) atoms. The van der Waals surface area contributed by atoms with Crippen molar-refractivity contribution in [3.05, 3.63) is 59.7 Å². The number of carbonyl (C=O) groups is 2. The number of amides is 1. The standard InChI is InChI=1S/C22H20N4O4S/c1-14-23-17-5-3-4-6-19(17)26(14)11-21(28)30-12-20(27)25-22-24-18(13-31-22)15-7-9-16(29-2)10-8-15/h3-10,13H,11-12H2,1-2H3,(H,24,25,27). The lowest BCUT2D eigenvalue weighted by Crippen LogP contribution is -2.23. The van der Waals surface area contributed by atoms with Crippen molar-refractivity contribution in [2.45, 2.75) is 13.5 Å². The number of nitrogens with zero attached hydrogens (tertiary/aromatic N) is 3. The van der Waals surface area contributed by atoms with E-state index in [0.29, 0.717) is 11.0 Å². The quantitative estimate of drug-likeness (QED) is 0.444. The van der Waals surface area contributed by atoms with Gasteiger partial charge in [-0.3, -0.25) is 14.9 Å². The van der Waals surface area contributed by atoms with Crippen molar-refractivity contribution < 1.29 is 19.1 Å². The van der Waals surface area contributed by atoms with Crippen molar-refractivity contribution in [1.82, 2.24) is 14.5 Å². The largest absolute Gasteiger partial charge is 0.497 e. The van der Waals surface area contributed by atoms with Crippen LogP contribution >= 0.6 is 11.3 Å². The molecule has 0 saturated heterocycles. The summed E-state index contributed by atoms with van der Waals surface area (Å²) in [6.07, 6.45) is 0. The number of thiazole rings is 1. The molecular formula is C22H20N4O4S. The van der Waals surface area contributed by atoms with Gasteiger partial charge in [-0.15, -0.1) is 11.3 Å². The van der Waals surface area contributed by atoms with Crippen LogP contribution in [0, 0.1) is 6.92 Å². The summed E-state index contributed by atoms with van der Waals surface area (Å²) in [4.78, 5) is 33.2. The van der Waals surface area contributed by atoms with Gasteiger partial charge in [0.25, 0.3) is 5.91 Å². The Kier molecular flexibility index (Phi) is 5.94. The Labute approximate surface area is 182 Å². The van der Waals surface area contributed by atoms with Gasteiger partial charge in [0.1, 0.15) is 18.1 Å². The molecule has 1 N–H and O–H groups in total. The first-order valence-corrected chi connectivity index (χ1v) is 10.4. The zero-order valence-electron chi connectivity index (χ0n) is 17.0. The molecule has 1 amide bonds. The molecule has 0 radical (unpaired) electrons. The van der Waals surface area contributed by atoms with E-state index in [0.717, 1.165) is 28.0 Å². The van der Waals surface area contributed by atoms with Crippen LogP contribution in [-0.4, -0.2) is 40.1 Å². The molecule has 0 aliphatic heterocycles. The molecular weight excluding hydrogens is 416 g/mol. The van der Waals surface area contributed by atoms with E-state index < -0.39 is 11.9 Å². The molecule has 0 aliphatic carbocycles. The topological polar surface area (TPSA) is 95.3 Å². The molecule has 0 spiro atoms. The van der Waals surface area contributed by atoms with E-state index in [1.165, 1.54) is 11.3 Å². The summed E-state index contributed by atoms with van der Waals surface area (Å²) in [6.45, 7) is 1.42. The van der Waals surface area contributed by atoms with Gasteiger partial charge in [0.2, 0.25) is 0 Å². The molecule has 0 atom stereocenters. The molecule has 2 aromatic heterocycles. The van der Waals surface area contributed by atoms with Gasteiger partial charge in [-0.05, 0) is 43.3 Å². The normalized spacial score (nSPS) is 10.8. The van der Waals surface area contributed by atoms with E-state index in [-0.39, 0.29) is 13.2 Å². The third-order valence-corrected chi connectivity index (χ3v) is 5.39. The van der Waals surface area contributed by atoms with Crippen LogP contribution in [0.5, 0.6) is 5.75 Å². The fourth-order valence-corrected chi connectivity index (χ4v) is 3.83. The fourth-order valence-electron chi connectivity index (χ4n) is 3.10. The maximum atomic E-state index is 12.2. The summed E-state index contributed by atoms with van der Waals surface area (Å²) >= 11 is 1.30. The number of nitrogens with one attached hydrogen (secondary N) is 1. The highest BCUT2D eigenvalue weighted by atomic mass is 32.1. The molecule has 0 bridgehead atoms. The number of hydrogen-bond donors (Lipinski definition) is 1. The highest BCUT2D eigenvalue weighted by Crippen LogP contribution is 2.26. The molecule has 2 aromatic carbocycles. The molecule has 9 heteroatoms. The minimum absolute atomic E-state index is 0.0154. The van der Waals surface area contributed by atoms with Crippen molar-refractivity contribution >= 4 is 39.4 Å². The number of ether oxygens (including phenoxy) is 2. The second kappa shape index (κ2) is 8.97. The number of fused-ring (bicyclic) bond motifs is 1. The fraction of sp³-hybridized carbons (Fsp3) is 0.182. The number of esters is 1. The highest BCUT2D eigenvalue weighted by Gasteiger charge is 2.14. The average Bonchev–Trinajstić information content (AvgIpc) is 3.37. The van der Waals surface area contributed by atoms with Gasteiger partial charge in [0.15, 0.2) is 11.7 Å². The Hall–Kier alpha value is -3.72. The van der Waals surface area contributed by atoms with Crippen LogP contribution in [0.4, 0.5) is 5.13 Å². The number of anilines is 1. The minimum Gasteiger partial charge on any atom is -0.497 e. The predicted octanol–water partition coefficient (Wildman–Crippen LogP) is 3.66. The van der Waals surface area contributed by atoms with Gasteiger partial charge >= 0.3 is 5.97 Å². The Morgan fingerprint density at radius 1 is 1.10 bits per heavy atom. The zero-order valence-corrected chi connectivity index (χ0v) is 17.8. The average molecular weight is 436 g/mol. The Morgan fingerprint density at radius 3 is 2.65 bits per heavy atom. The maximum Gasteiger partial charge on any atom is 0.326 e. The number of hydrogen-bond acceptors (Lipinski definition) is 7. The smallest absolute Gasteiger partial charge is 0.326 e.